The first-order valence-corrected chi connectivity index (χ1v) is 8.21. The number of aromatic nitrogens is 2. The highest BCUT2D eigenvalue weighted by molar-refractivity contribution is 5.95. The van der Waals surface area contributed by atoms with Crippen molar-refractivity contribution < 1.29 is 13.9 Å². The van der Waals surface area contributed by atoms with E-state index in [1.165, 1.54) is 0 Å². The Morgan fingerprint density at radius 1 is 1.43 bits per heavy atom. The van der Waals surface area contributed by atoms with Crippen molar-refractivity contribution in [3.8, 4) is 0 Å². The van der Waals surface area contributed by atoms with Gasteiger partial charge in [0.05, 0.1) is 30.2 Å². The summed E-state index contributed by atoms with van der Waals surface area (Å²) in [6.45, 7) is 1.38. The van der Waals surface area contributed by atoms with E-state index >= 15 is 0 Å². The molecule has 2 aromatic rings. The van der Waals surface area contributed by atoms with Gasteiger partial charge in [-0.15, -0.1) is 0 Å². The van der Waals surface area contributed by atoms with Gasteiger partial charge in [-0.3, -0.25) is 9.48 Å². The molecule has 0 spiro atoms. The molecule has 1 saturated heterocycles. The fourth-order valence-corrected chi connectivity index (χ4v) is 3.60. The Morgan fingerprint density at radius 2 is 2.35 bits per heavy atom. The van der Waals surface area contributed by atoms with Crippen molar-refractivity contribution in [2.45, 2.75) is 37.6 Å². The molecule has 2 atom stereocenters. The maximum absolute atomic E-state index is 12.8. The van der Waals surface area contributed by atoms with E-state index in [4.69, 9.17) is 9.15 Å². The molecule has 23 heavy (non-hydrogen) atoms. The molecular formula is C17H21N3O3. The van der Waals surface area contributed by atoms with Gasteiger partial charge >= 0.3 is 0 Å². The van der Waals surface area contributed by atoms with E-state index in [0.717, 1.165) is 49.3 Å². The van der Waals surface area contributed by atoms with Crippen LogP contribution in [-0.2, 0) is 18.2 Å². The second-order valence-corrected chi connectivity index (χ2v) is 6.38. The van der Waals surface area contributed by atoms with Crippen LogP contribution in [0.15, 0.2) is 22.9 Å². The zero-order chi connectivity index (χ0) is 15.8. The highest BCUT2D eigenvalue weighted by Crippen LogP contribution is 2.31. The molecule has 4 rings (SSSR count). The molecule has 3 heterocycles. The molecule has 122 valence electrons. The number of carbonyl (C=O) groups excluding carboxylic acids is 1. The second kappa shape index (κ2) is 5.85. The van der Waals surface area contributed by atoms with Crippen LogP contribution in [0.4, 0.5) is 0 Å². The number of carbonyl (C=O) groups is 1. The second-order valence-electron chi connectivity index (χ2n) is 6.38. The Labute approximate surface area is 134 Å². The number of hydrogen-bond acceptors (Lipinski definition) is 4. The fourth-order valence-electron chi connectivity index (χ4n) is 3.60. The first-order valence-electron chi connectivity index (χ1n) is 8.21. The summed E-state index contributed by atoms with van der Waals surface area (Å²) in [5.74, 6) is 1.16. The van der Waals surface area contributed by atoms with Gasteiger partial charge in [-0.25, -0.2) is 0 Å². The van der Waals surface area contributed by atoms with Crippen molar-refractivity contribution in [2.24, 2.45) is 7.05 Å². The highest BCUT2D eigenvalue weighted by atomic mass is 16.5. The SMILES string of the molecule is Cn1cc(C(=O)N[C@H]2CCCc3occc32)c([C@@H]2CCOC2)n1. The lowest BCUT2D eigenvalue weighted by Crippen LogP contribution is -2.31. The number of rotatable bonds is 3. The zero-order valence-corrected chi connectivity index (χ0v) is 13.2. The van der Waals surface area contributed by atoms with Crippen molar-refractivity contribution in [2.75, 3.05) is 13.2 Å². The van der Waals surface area contributed by atoms with Gasteiger partial charge < -0.3 is 14.5 Å². The highest BCUT2D eigenvalue weighted by Gasteiger charge is 2.29. The zero-order valence-electron chi connectivity index (χ0n) is 13.2. The Hall–Kier alpha value is -2.08. The van der Waals surface area contributed by atoms with Crippen LogP contribution < -0.4 is 5.32 Å². The maximum atomic E-state index is 12.8. The van der Waals surface area contributed by atoms with Crippen molar-refractivity contribution in [1.29, 1.82) is 0 Å². The van der Waals surface area contributed by atoms with E-state index in [0.29, 0.717) is 12.2 Å². The molecule has 0 unspecified atom stereocenters. The number of nitrogens with one attached hydrogen (secondary N) is 1. The Kier molecular flexibility index (Phi) is 3.69. The molecular weight excluding hydrogens is 294 g/mol. The quantitative estimate of drug-likeness (QED) is 0.944. The third kappa shape index (κ3) is 2.67. The van der Waals surface area contributed by atoms with E-state index in [9.17, 15) is 4.79 Å². The van der Waals surface area contributed by atoms with Crippen LogP contribution in [-0.4, -0.2) is 28.9 Å². The topological polar surface area (TPSA) is 69.3 Å². The Morgan fingerprint density at radius 3 is 3.17 bits per heavy atom. The van der Waals surface area contributed by atoms with Crippen LogP contribution >= 0.6 is 0 Å². The normalized spacial score (nSPS) is 23.7. The van der Waals surface area contributed by atoms with Crippen LogP contribution in [0, 0.1) is 0 Å². The van der Waals surface area contributed by atoms with Crippen LogP contribution in [0.1, 0.15) is 58.6 Å². The van der Waals surface area contributed by atoms with Crippen LogP contribution in [0.25, 0.3) is 0 Å². The average Bonchev–Trinajstić information content (AvgIpc) is 3.27. The van der Waals surface area contributed by atoms with Crippen LogP contribution in [0.5, 0.6) is 0 Å². The summed E-state index contributed by atoms with van der Waals surface area (Å²) in [4.78, 5) is 12.8. The first kappa shape index (κ1) is 14.5. The lowest BCUT2D eigenvalue weighted by atomic mass is 9.93. The number of furan rings is 1. The fraction of sp³-hybridized carbons (Fsp3) is 0.529. The van der Waals surface area contributed by atoms with E-state index in [2.05, 4.69) is 10.4 Å². The molecule has 0 radical (unpaired) electrons. The van der Waals surface area contributed by atoms with Crippen molar-refractivity contribution in [1.82, 2.24) is 15.1 Å². The third-order valence-electron chi connectivity index (χ3n) is 4.78. The first-order chi connectivity index (χ1) is 11.2. The summed E-state index contributed by atoms with van der Waals surface area (Å²) < 4.78 is 12.7. The molecule has 2 aromatic heterocycles. The molecule has 1 fully saturated rings. The van der Waals surface area contributed by atoms with Gasteiger partial charge in [0.2, 0.25) is 0 Å². The molecule has 1 amide bonds. The Bertz CT molecular complexity index is 712. The summed E-state index contributed by atoms with van der Waals surface area (Å²) in [6.07, 6.45) is 7.36. The molecule has 0 bridgehead atoms. The van der Waals surface area contributed by atoms with E-state index in [1.807, 2.05) is 19.3 Å². The largest absolute Gasteiger partial charge is 0.469 e. The average molecular weight is 315 g/mol. The van der Waals surface area contributed by atoms with Gasteiger partial charge in [-0.05, 0) is 25.3 Å². The smallest absolute Gasteiger partial charge is 0.255 e. The van der Waals surface area contributed by atoms with Crippen molar-refractivity contribution >= 4 is 5.91 Å². The summed E-state index contributed by atoms with van der Waals surface area (Å²) in [7, 11) is 1.85. The monoisotopic (exact) mass is 315 g/mol. The Balaban J connectivity index is 1.56. The molecule has 0 aromatic carbocycles. The number of fused-ring (bicyclic) bond motifs is 1. The van der Waals surface area contributed by atoms with Gasteiger partial charge in [-0.1, -0.05) is 0 Å². The van der Waals surface area contributed by atoms with Crippen molar-refractivity contribution in [3.05, 3.63) is 41.1 Å². The minimum Gasteiger partial charge on any atom is -0.469 e. The molecule has 6 nitrogen and oxygen atoms in total. The number of nitrogens with zero attached hydrogens (tertiary/aromatic N) is 2. The minimum absolute atomic E-state index is 0.0258. The minimum atomic E-state index is -0.0564. The van der Waals surface area contributed by atoms with Gasteiger partial charge in [0.15, 0.2) is 0 Å². The number of ether oxygens (including phenoxy) is 1. The van der Waals surface area contributed by atoms with E-state index in [1.54, 1.807) is 10.9 Å². The molecule has 1 N–H and O–H groups in total. The van der Waals surface area contributed by atoms with E-state index < -0.39 is 0 Å². The van der Waals surface area contributed by atoms with Crippen LogP contribution in [0.3, 0.4) is 0 Å². The van der Waals surface area contributed by atoms with Crippen LogP contribution in [0.2, 0.25) is 0 Å². The van der Waals surface area contributed by atoms with Crippen molar-refractivity contribution in [3.63, 3.8) is 0 Å². The van der Waals surface area contributed by atoms with Gasteiger partial charge in [0.1, 0.15) is 5.76 Å². The maximum Gasteiger partial charge on any atom is 0.255 e. The molecule has 1 aliphatic heterocycles. The number of hydrogen-bond donors (Lipinski definition) is 1. The summed E-state index contributed by atoms with van der Waals surface area (Å²) in [5, 5.41) is 7.66. The summed E-state index contributed by atoms with van der Waals surface area (Å²) >= 11 is 0. The molecule has 2 aliphatic rings. The lowest BCUT2D eigenvalue weighted by Gasteiger charge is -2.22. The number of aryl methyl sites for hydroxylation is 2. The predicted octanol–water partition coefficient (Wildman–Crippen LogP) is 2.32. The molecule has 1 aliphatic carbocycles. The summed E-state index contributed by atoms with van der Waals surface area (Å²) in [6, 6.07) is 1.99. The van der Waals surface area contributed by atoms with E-state index in [-0.39, 0.29) is 17.9 Å². The van der Waals surface area contributed by atoms with Gasteiger partial charge in [-0.2, -0.15) is 5.10 Å². The standard InChI is InChI=1S/C17H21N3O3/c1-20-9-13(16(19-20)11-5-7-22-10-11)17(21)18-14-3-2-4-15-12(14)6-8-23-15/h6,8-9,11,14H,2-5,7,10H2,1H3,(H,18,21)/t11-,14+/m1/s1. The molecule has 6 heteroatoms. The predicted molar refractivity (Wildman–Crippen MR) is 83.2 cm³/mol. The third-order valence-corrected chi connectivity index (χ3v) is 4.78. The van der Waals surface area contributed by atoms with Gasteiger partial charge in [0, 0.05) is 37.8 Å². The summed E-state index contributed by atoms with van der Waals surface area (Å²) in [5.41, 5.74) is 2.63. The van der Waals surface area contributed by atoms with Gasteiger partial charge in [0.25, 0.3) is 5.91 Å². The lowest BCUT2D eigenvalue weighted by molar-refractivity contribution is 0.0930. The molecule has 0 saturated carbocycles. The number of amides is 1.